The molecule has 3 rings (SSSR count). The molecule has 0 unspecified atom stereocenters. The van der Waals surface area contributed by atoms with Crippen LogP contribution in [-0.4, -0.2) is 21.7 Å². The van der Waals surface area contributed by atoms with Crippen LogP contribution in [0.1, 0.15) is 12.5 Å². The average molecular weight is 373 g/mol. The average Bonchev–Trinajstić information content (AvgIpc) is 2.64. The summed E-state index contributed by atoms with van der Waals surface area (Å²) >= 11 is 5.91. The third-order valence-electron chi connectivity index (χ3n) is 3.98. The summed E-state index contributed by atoms with van der Waals surface area (Å²) in [7, 11) is 0. The predicted octanol–water partition coefficient (Wildman–Crippen LogP) is 2.43. The second-order valence-corrected chi connectivity index (χ2v) is 6.15. The van der Waals surface area contributed by atoms with Crippen LogP contribution in [0.15, 0.2) is 58.1 Å². The minimum atomic E-state index is -0.625. The zero-order chi connectivity index (χ0) is 18.7. The summed E-state index contributed by atoms with van der Waals surface area (Å²) in [6.45, 7) is 1.68. The molecular formula is C19H17ClN2O4. The highest BCUT2D eigenvalue weighted by Crippen LogP contribution is 2.13. The lowest BCUT2D eigenvalue weighted by Crippen LogP contribution is -2.42. The summed E-state index contributed by atoms with van der Waals surface area (Å²) in [5.74, 6) is -0.625. The van der Waals surface area contributed by atoms with Crippen molar-refractivity contribution < 1.29 is 9.53 Å². The summed E-state index contributed by atoms with van der Waals surface area (Å²) in [6, 6.07) is 13.9. The van der Waals surface area contributed by atoms with Crippen molar-refractivity contribution in [2.45, 2.75) is 20.0 Å². The van der Waals surface area contributed by atoms with Crippen LogP contribution in [-0.2, 0) is 22.6 Å². The lowest BCUT2D eigenvalue weighted by molar-refractivity contribution is -0.143. The number of carbonyl (C=O) groups is 1. The molecule has 2 aromatic carbocycles. The van der Waals surface area contributed by atoms with Crippen molar-refractivity contribution in [3.05, 3.63) is 80.0 Å². The zero-order valence-electron chi connectivity index (χ0n) is 14.1. The number of fused-ring (bicyclic) bond motifs is 1. The van der Waals surface area contributed by atoms with Crippen molar-refractivity contribution >= 4 is 28.5 Å². The van der Waals surface area contributed by atoms with E-state index < -0.39 is 23.8 Å². The molecule has 0 fully saturated rings. The molecule has 0 atom stereocenters. The van der Waals surface area contributed by atoms with Crippen LogP contribution in [0.5, 0.6) is 0 Å². The molecule has 0 spiro atoms. The highest BCUT2D eigenvalue weighted by molar-refractivity contribution is 6.30. The number of rotatable bonds is 5. The zero-order valence-corrected chi connectivity index (χ0v) is 14.9. The highest BCUT2D eigenvalue weighted by atomic mass is 35.5. The Morgan fingerprint density at radius 2 is 1.73 bits per heavy atom. The lowest BCUT2D eigenvalue weighted by atomic mass is 10.2. The van der Waals surface area contributed by atoms with Crippen LogP contribution >= 0.6 is 11.6 Å². The monoisotopic (exact) mass is 372 g/mol. The van der Waals surface area contributed by atoms with E-state index in [9.17, 15) is 14.4 Å². The molecule has 0 bridgehead atoms. The Morgan fingerprint density at radius 3 is 2.42 bits per heavy atom. The molecule has 26 heavy (non-hydrogen) atoms. The second kappa shape index (κ2) is 7.58. The van der Waals surface area contributed by atoms with E-state index in [1.807, 2.05) is 12.1 Å². The molecule has 0 saturated heterocycles. The quantitative estimate of drug-likeness (QED) is 0.645. The van der Waals surface area contributed by atoms with Crippen LogP contribution in [0.3, 0.4) is 0 Å². The Morgan fingerprint density at radius 1 is 1.04 bits per heavy atom. The molecule has 0 amide bonds. The number of esters is 1. The fraction of sp³-hybridized carbons (Fsp3) is 0.211. The molecule has 6 nitrogen and oxygen atoms in total. The summed E-state index contributed by atoms with van der Waals surface area (Å²) in [5, 5.41) is 0.962. The Balaban J connectivity index is 2.17. The van der Waals surface area contributed by atoms with E-state index >= 15 is 0 Å². The van der Waals surface area contributed by atoms with E-state index in [2.05, 4.69) is 0 Å². The van der Waals surface area contributed by atoms with Gasteiger partial charge in [-0.25, -0.2) is 9.36 Å². The highest BCUT2D eigenvalue weighted by Gasteiger charge is 2.16. The van der Waals surface area contributed by atoms with Gasteiger partial charge in [0.1, 0.15) is 6.54 Å². The predicted molar refractivity (Wildman–Crippen MR) is 99.7 cm³/mol. The molecule has 0 radical (unpaired) electrons. The van der Waals surface area contributed by atoms with Gasteiger partial charge in [-0.15, -0.1) is 0 Å². The van der Waals surface area contributed by atoms with Crippen LogP contribution in [0.4, 0.5) is 0 Å². The van der Waals surface area contributed by atoms with Crippen LogP contribution in [0, 0.1) is 0 Å². The standard InChI is InChI=1S/C19H17ClN2O4/c1-2-26-17(23)12-22-18(24)15-5-3-4-6-16(15)21(19(22)25)11-13-7-9-14(20)10-8-13/h3-10H,2,11-12H2,1H3. The number of hydrogen-bond donors (Lipinski definition) is 0. The number of benzene rings is 2. The van der Waals surface area contributed by atoms with Gasteiger partial charge in [0.25, 0.3) is 5.56 Å². The van der Waals surface area contributed by atoms with Gasteiger partial charge < -0.3 is 4.74 Å². The van der Waals surface area contributed by atoms with Crippen molar-refractivity contribution in [2.75, 3.05) is 6.61 Å². The van der Waals surface area contributed by atoms with Gasteiger partial charge in [0.2, 0.25) is 0 Å². The molecule has 7 heteroatoms. The molecule has 0 aliphatic rings. The van der Waals surface area contributed by atoms with E-state index in [-0.39, 0.29) is 13.2 Å². The van der Waals surface area contributed by atoms with E-state index in [1.54, 1.807) is 43.3 Å². The molecule has 0 N–H and O–H groups in total. The first-order valence-electron chi connectivity index (χ1n) is 8.13. The number of ether oxygens (including phenoxy) is 1. The van der Waals surface area contributed by atoms with Gasteiger partial charge in [-0.1, -0.05) is 35.9 Å². The van der Waals surface area contributed by atoms with Gasteiger partial charge in [-0.2, -0.15) is 0 Å². The van der Waals surface area contributed by atoms with E-state index in [1.165, 1.54) is 4.57 Å². The number of hydrogen-bond acceptors (Lipinski definition) is 4. The molecule has 3 aromatic rings. The number of aromatic nitrogens is 2. The first-order valence-corrected chi connectivity index (χ1v) is 8.51. The van der Waals surface area contributed by atoms with Gasteiger partial charge >= 0.3 is 11.7 Å². The smallest absolute Gasteiger partial charge is 0.332 e. The van der Waals surface area contributed by atoms with Gasteiger partial charge in [-0.05, 0) is 36.8 Å². The van der Waals surface area contributed by atoms with Crippen molar-refractivity contribution in [1.82, 2.24) is 9.13 Å². The van der Waals surface area contributed by atoms with E-state index in [0.29, 0.717) is 15.9 Å². The molecule has 1 aromatic heterocycles. The second-order valence-electron chi connectivity index (χ2n) is 5.71. The lowest BCUT2D eigenvalue weighted by Gasteiger charge is -2.14. The van der Waals surface area contributed by atoms with Crippen molar-refractivity contribution in [3.63, 3.8) is 0 Å². The number of para-hydroxylation sites is 1. The summed E-state index contributed by atoms with van der Waals surface area (Å²) < 4.78 is 7.26. The minimum absolute atomic E-state index is 0.181. The summed E-state index contributed by atoms with van der Waals surface area (Å²) in [5.41, 5.74) is 0.295. The molecule has 0 saturated carbocycles. The Bertz CT molecular complexity index is 1070. The fourth-order valence-electron chi connectivity index (χ4n) is 2.77. The summed E-state index contributed by atoms with van der Waals surface area (Å²) in [4.78, 5) is 37.4. The third kappa shape index (κ3) is 3.55. The number of halogens is 1. The number of nitrogens with zero attached hydrogens (tertiary/aromatic N) is 2. The van der Waals surface area contributed by atoms with Crippen LogP contribution in [0.25, 0.3) is 10.9 Å². The van der Waals surface area contributed by atoms with E-state index in [4.69, 9.17) is 16.3 Å². The van der Waals surface area contributed by atoms with E-state index in [0.717, 1.165) is 10.1 Å². The van der Waals surface area contributed by atoms with Crippen molar-refractivity contribution in [1.29, 1.82) is 0 Å². The molecule has 1 heterocycles. The topological polar surface area (TPSA) is 70.3 Å². The van der Waals surface area contributed by atoms with Gasteiger partial charge in [-0.3, -0.25) is 14.2 Å². The molecule has 0 aliphatic carbocycles. The van der Waals surface area contributed by atoms with Gasteiger partial charge in [0, 0.05) is 5.02 Å². The van der Waals surface area contributed by atoms with Crippen LogP contribution < -0.4 is 11.2 Å². The molecule has 0 aliphatic heterocycles. The normalized spacial score (nSPS) is 10.8. The first kappa shape index (κ1) is 17.9. The minimum Gasteiger partial charge on any atom is -0.465 e. The summed E-state index contributed by atoms with van der Waals surface area (Å²) in [6.07, 6.45) is 0. The Labute approximate surface area is 154 Å². The fourth-order valence-corrected chi connectivity index (χ4v) is 2.90. The van der Waals surface area contributed by atoms with Crippen molar-refractivity contribution in [3.8, 4) is 0 Å². The largest absolute Gasteiger partial charge is 0.465 e. The maximum atomic E-state index is 12.9. The first-order chi connectivity index (χ1) is 12.5. The van der Waals surface area contributed by atoms with Crippen LogP contribution in [0.2, 0.25) is 5.02 Å². The van der Waals surface area contributed by atoms with Crippen molar-refractivity contribution in [2.24, 2.45) is 0 Å². The van der Waals surface area contributed by atoms with Gasteiger partial charge in [0.15, 0.2) is 0 Å². The van der Waals surface area contributed by atoms with Gasteiger partial charge in [0.05, 0.1) is 24.1 Å². The maximum absolute atomic E-state index is 12.9. The third-order valence-corrected chi connectivity index (χ3v) is 4.23. The SMILES string of the molecule is CCOC(=O)Cn1c(=O)c2ccccc2n(Cc2ccc(Cl)cc2)c1=O. The maximum Gasteiger partial charge on any atom is 0.332 e. The Kier molecular flexibility index (Phi) is 5.23. The molecule has 134 valence electrons. The Hall–Kier alpha value is -2.86. The number of carbonyl (C=O) groups excluding carboxylic acids is 1. The molecular weight excluding hydrogens is 356 g/mol.